The molecule has 1 N–H and O–H groups in total. The topological polar surface area (TPSA) is 110 Å². The molecule has 0 aliphatic carbocycles. The molecule has 0 aromatic heterocycles. The summed E-state index contributed by atoms with van der Waals surface area (Å²) in [6.07, 6.45) is 2.74. The van der Waals surface area contributed by atoms with Gasteiger partial charge in [-0.1, -0.05) is 18.2 Å². The van der Waals surface area contributed by atoms with Crippen LogP contribution in [-0.2, 0) is 21.1 Å². The van der Waals surface area contributed by atoms with E-state index in [1.165, 1.54) is 12.1 Å². The van der Waals surface area contributed by atoms with Crippen molar-refractivity contribution in [3.63, 3.8) is 0 Å². The van der Waals surface area contributed by atoms with Gasteiger partial charge in [-0.15, -0.1) is 0 Å². The van der Waals surface area contributed by atoms with E-state index in [1.54, 1.807) is 4.90 Å². The quantitative estimate of drug-likeness (QED) is 0.621. The van der Waals surface area contributed by atoms with Crippen molar-refractivity contribution >= 4 is 32.8 Å². The van der Waals surface area contributed by atoms with Gasteiger partial charge in [0, 0.05) is 30.6 Å². The number of non-ortho nitro benzene ring substituents is 1. The first-order valence-corrected chi connectivity index (χ1v) is 10.3. The molecule has 1 amide bonds. The zero-order valence-corrected chi connectivity index (χ0v) is 15.5. The summed E-state index contributed by atoms with van der Waals surface area (Å²) in [5.41, 5.74) is 1.81. The normalized spacial score (nSPS) is 13.7. The summed E-state index contributed by atoms with van der Waals surface area (Å²) in [5.74, 6) is -0.194. The fourth-order valence-corrected chi connectivity index (χ4v) is 4.01. The summed E-state index contributed by atoms with van der Waals surface area (Å²) in [5, 5.41) is 13.7. The van der Waals surface area contributed by atoms with E-state index >= 15 is 0 Å². The van der Waals surface area contributed by atoms with Crippen LogP contribution in [-0.4, -0.2) is 38.6 Å². The molecule has 3 rings (SSSR count). The van der Waals surface area contributed by atoms with E-state index < -0.39 is 14.8 Å². The highest BCUT2D eigenvalue weighted by Gasteiger charge is 2.23. The van der Waals surface area contributed by atoms with E-state index in [-0.39, 0.29) is 28.7 Å². The number of nitro benzene ring substituents is 1. The molecule has 142 valence electrons. The first-order chi connectivity index (χ1) is 12.8. The van der Waals surface area contributed by atoms with Crippen molar-refractivity contribution in [2.75, 3.05) is 29.6 Å². The molecule has 0 bridgehead atoms. The molecule has 2 aromatic rings. The maximum atomic E-state index is 12.7. The Hall–Kier alpha value is -2.94. The lowest BCUT2D eigenvalue weighted by atomic mass is 10.0. The second-order valence-electron chi connectivity index (χ2n) is 6.34. The number of para-hydroxylation sites is 1. The Balaban J connectivity index is 1.81. The average Bonchev–Trinajstić information content (AvgIpc) is 2.64. The van der Waals surface area contributed by atoms with E-state index in [2.05, 4.69) is 5.32 Å². The first-order valence-electron chi connectivity index (χ1n) is 8.38. The molecule has 0 radical (unpaired) electrons. The van der Waals surface area contributed by atoms with Crippen LogP contribution in [0.1, 0.15) is 12.0 Å². The zero-order chi connectivity index (χ0) is 19.6. The molecule has 8 nitrogen and oxygen atoms in total. The average molecular weight is 389 g/mol. The van der Waals surface area contributed by atoms with Gasteiger partial charge in [0.15, 0.2) is 9.84 Å². The van der Waals surface area contributed by atoms with E-state index in [1.807, 2.05) is 24.3 Å². The minimum absolute atomic E-state index is 0.116. The maximum absolute atomic E-state index is 12.7. The minimum Gasteiger partial charge on any atom is -0.375 e. The lowest BCUT2D eigenvalue weighted by Gasteiger charge is -2.29. The Kier molecular flexibility index (Phi) is 5.13. The van der Waals surface area contributed by atoms with Crippen LogP contribution in [0.4, 0.5) is 17.1 Å². The van der Waals surface area contributed by atoms with Crippen molar-refractivity contribution in [3.05, 3.63) is 58.1 Å². The molecule has 0 saturated carbocycles. The zero-order valence-electron chi connectivity index (χ0n) is 14.7. The minimum atomic E-state index is -3.70. The van der Waals surface area contributed by atoms with Crippen molar-refractivity contribution in [2.24, 2.45) is 0 Å². The van der Waals surface area contributed by atoms with Gasteiger partial charge in [0.05, 0.1) is 22.1 Å². The van der Waals surface area contributed by atoms with Gasteiger partial charge < -0.3 is 10.2 Å². The molecule has 0 unspecified atom stereocenters. The van der Waals surface area contributed by atoms with Crippen molar-refractivity contribution in [1.29, 1.82) is 0 Å². The molecule has 0 spiro atoms. The fraction of sp³-hybridized carbons (Fsp3) is 0.278. The smallest absolute Gasteiger partial charge is 0.270 e. The van der Waals surface area contributed by atoms with Crippen molar-refractivity contribution in [3.8, 4) is 0 Å². The summed E-state index contributed by atoms with van der Waals surface area (Å²) in [7, 11) is -3.70. The van der Waals surface area contributed by atoms with Crippen molar-refractivity contribution in [2.45, 2.75) is 17.7 Å². The molecule has 1 aliphatic rings. The summed E-state index contributed by atoms with van der Waals surface area (Å²) in [6.45, 7) is 0.478. The highest BCUT2D eigenvalue weighted by Crippen LogP contribution is 2.28. The van der Waals surface area contributed by atoms with Gasteiger partial charge in [0.25, 0.3) is 5.69 Å². The number of amides is 1. The molecule has 27 heavy (non-hydrogen) atoms. The largest absolute Gasteiger partial charge is 0.375 e. The molecule has 1 heterocycles. The fourth-order valence-electron chi connectivity index (χ4n) is 3.14. The van der Waals surface area contributed by atoms with Crippen LogP contribution in [0.3, 0.4) is 0 Å². The van der Waals surface area contributed by atoms with Crippen LogP contribution in [0, 0.1) is 10.1 Å². The number of sulfone groups is 1. The Morgan fingerprint density at radius 1 is 1.26 bits per heavy atom. The molecular weight excluding hydrogens is 370 g/mol. The number of carbonyl (C=O) groups excluding carboxylic acids is 1. The second-order valence-corrected chi connectivity index (χ2v) is 8.33. The number of benzene rings is 2. The Morgan fingerprint density at radius 2 is 2.00 bits per heavy atom. The second kappa shape index (κ2) is 7.36. The van der Waals surface area contributed by atoms with Gasteiger partial charge in [-0.2, -0.15) is 0 Å². The molecule has 1 aliphatic heterocycles. The van der Waals surface area contributed by atoms with Crippen molar-refractivity contribution < 1.29 is 18.1 Å². The van der Waals surface area contributed by atoms with E-state index in [4.69, 9.17) is 0 Å². The number of fused-ring (bicyclic) bond motifs is 1. The number of rotatable bonds is 5. The SMILES string of the molecule is CS(=O)(=O)c1cc([N+](=O)[O-])ccc1NCC(=O)N1CCCc2ccccc21. The first kappa shape index (κ1) is 18.8. The Labute approximate surface area is 156 Å². The van der Waals surface area contributed by atoms with Gasteiger partial charge in [0.1, 0.15) is 0 Å². The third-order valence-corrected chi connectivity index (χ3v) is 5.55. The van der Waals surface area contributed by atoms with Crippen molar-refractivity contribution in [1.82, 2.24) is 0 Å². The standard InChI is InChI=1S/C18H19N3O5S/c1-27(25,26)17-11-14(21(23)24)8-9-15(17)19-12-18(22)20-10-4-6-13-5-2-3-7-16(13)20/h2-3,5,7-9,11,19H,4,6,10,12H2,1H3. The molecular formula is C18H19N3O5S. The predicted molar refractivity (Wildman–Crippen MR) is 102 cm³/mol. The molecule has 0 saturated heterocycles. The maximum Gasteiger partial charge on any atom is 0.270 e. The highest BCUT2D eigenvalue weighted by molar-refractivity contribution is 7.90. The molecule has 2 aromatic carbocycles. The number of aryl methyl sites for hydroxylation is 1. The number of nitrogens with one attached hydrogen (secondary N) is 1. The van der Waals surface area contributed by atoms with Crippen LogP contribution in [0.2, 0.25) is 0 Å². The summed E-state index contributed by atoms with van der Waals surface area (Å²) in [6, 6.07) is 11.2. The monoisotopic (exact) mass is 389 g/mol. The third-order valence-electron chi connectivity index (χ3n) is 4.42. The lowest BCUT2D eigenvalue weighted by molar-refractivity contribution is -0.385. The van der Waals surface area contributed by atoms with E-state index in [0.717, 1.165) is 36.4 Å². The van der Waals surface area contributed by atoms with Crippen LogP contribution < -0.4 is 10.2 Å². The van der Waals surface area contributed by atoms with E-state index in [9.17, 15) is 23.3 Å². The van der Waals surface area contributed by atoms with Crippen LogP contribution in [0.5, 0.6) is 0 Å². The number of hydrogen-bond acceptors (Lipinski definition) is 6. The molecule has 0 fully saturated rings. The number of carbonyl (C=O) groups is 1. The summed E-state index contributed by atoms with van der Waals surface area (Å²) >= 11 is 0. The summed E-state index contributed by atoms with van der Waals surface area (Å²) < 4.78 is 24.0. The number of anilines is 2. The number of nitrogens with zero attached hydrogens (tertiary/aromatic N) is 2. The number of hydrogen-bond donors (Lipinski definition) is 1. The lowest BCUT2D eigenvalue weighted by Crippen LogP contribution is -2.39. The van der Waals surface area contributed by atoms with E-state index in [0.29, 0.717) is 6.54 Å². The third kappa shape index (κ3) is 4.08. The van der Waals surface area contributed by atoms with Crippen LogP contribution in [0.25, 0.3) is 0 Å². The van der Waals surface area contributed by atoms with Gasteiger partial charge in [-0.05, 0) is 30.5 Å². The highest BCUT2D eigenvalue weighted by atomic mass is 32.2. The van der Waals surface area contributed by atoms with Crippen LogP contribution >= 0.6 is 0 Å². The Morgan fingerprint density at radius 3 is 2.70 bits per heavy atom. The predicted octanol–water partition coefficient (Wildman–Crippen LogP) is 2.39. The summed E-state index contributed by atoms with van der Waals surface area (Å²) in [4.78, 5) is 24.4. The van der Waals surface area contributed by atoms with Gasteiger partial charge >= 0.3 is 0 Å². The van der Waals surface area contributed by atoms with Crippen LogP contribution in [0.15, 0.2) is 47.4 Å². The molecule has 0 atom stereocenters. The molecule has 9 heteroatoms. The number of nitro groups is 1. The van der Waals surface area contributed by atoms with Gasteiger partial charge in [0.2, 0.25) is 5.91 Å². The van der Waals surface area contributed by atoms with Gasteiger partial charge in [-0.3, -0.25) is 14.9 Å². The van der Waals surface area contributed by atoms with Gasteiger partial charge in [-0.25, -0.2) is 8.42 Å². The Bertz CT molecular complexity index is 1000.